The van der Waals surface area contributed by atoms with Gasteiger partial charge in [0.05, 0.1) is 11.4 Å². The number of rotatable bonds is 1. The molecular weight excluding hydrogens is 210 g/mol. The lowest BCUT2D eigenvalue weighted by atomic mass is 10.1. The third kappa shape index (κ3) is 2.07. The van der Waals surface area contributed by atoms with Gasteiger partial charge in [-0.25, -0.2) is 0 Å². The fraction of sp³-hybridized carbons (Fsp3) is 0.0909. The fourth-order valence-electron chi connectivity index (χ4n) is 1.26. The molecule has 0 unspecified atom stereocenters. The van der Waals surface area contributed by atoms with Crippen LogP contribution in [0.1, 0.15) is 5.56 Å². The van der Waals surface area contributed by atoms with Crippen LogP contribution in [0.5, 0.6) is 0 Å². The predicted molar refractivity (Wildman–Crippen MR) is 61.6 cm³/mol. The topological polar surface area (TPSA) is 51.8 Å². The van der Waals surface area contributed by atoms with E-state index in [2.05, 4.69) is 10.2 Å². The van der Waals surface area contributed by atoms with Crippen LogP contribution in [0.25, 0.3) is 11.3 Å². The molecular formula is C11H10ClN3. The maximum atomic E-state index is 5.69. The van der Waals surface area contributed by atoms with Crippen molar-refractivity contribution in [2.75, 3.05) is 5.73 Å². The van der Waals surface area contributed by atoms with Crippen LogP contribution < -0.4 is 5.73 Å². The predicted octanol–water partition coefficient (Wildman–Crippen LogP) is 2.69. The summed E-state index contributed by atoms with van der Waals surface area (Å²) in [6, 6.07) is 9.71. The molecule has 0 radical (unpaired) electrons. The molecule has 0 saturated carbocycles. The number of halogens is 1. The summed E-state index contributed by atoms with van der Waals surface area (Å²) in [5.74, 6) is 0. The molecule has 76 valence electrons. The van der Waals surface area contributed by atoms with E-state index >= 15 is 0 Å². The average molecular weight is 220 g/mol. The molecule has 0 fully saturated rings. The van der Waals surface area contributed by atoms with Crippen LogP contribution in [0.2, 0.25) is 5.15 Å². The van der Waals surface area contributed by atoms with Crippen molar-refractivity contribution in [3.8, 4) is 11.3 Å². The average Bonchev–Trinajstić information content (AvgIpc) is 2.23. The lowest BCUT2D eigenvalue weighted by Gasteiger charge is -2.02. The van der Waals surface area contributed by atoms with Crippen LogP contribution >= 0.6 is 11.6 Å². The van der Waals surface area contributed by atoms with Gasteiger partial charge in [0, 0.05) is 5.56 Å². The third-order valence-corrected chi connectivity index (χ3v) is 2.42. The van der Waals surface area contributed by atoms with Crippen molar-refractivity contribution in [2.24, 2.45) is 0 Å². The minimum absolute atomic E-state index is 0.242. The van der Waals surface area contributed by atoms with Gasteiger partial charge in [-0.1, -0.05) is 41.4 Å². The first-order valence-electron chi connectivity index (χ1n) is 4.52. The summed E-state index contributed by atoms with van der Waals surface area (Å²) in [5, 5.41) is 7.99. The van der Waals surface area contributed by atoms with E-state index in [4.69, 9.17) is 17.3 Å². The van der Waals surface area contributed by atoms with Gasteiger partial charge in [0.15, 0.2) is 5.15 Å². The highest BCUT2D eigenvalue weighted by Gasteiger charge is 2.03. The summed E-state index contributed by atoms with van der Waals surface area (Å²) in [6.45, 7) is 2.03. The van der Waals surface area contributed by atoms with Crippen molar-refractivity contribution in [2.45, 2.75) is 6.92 Å². The number of nitrogen functional groups attached to an aromatic ring is 1. The van der Waals surface area contributed by atoms with E-state index in [1.165, 1.54) is 5.56 Å². The summed E-state index contributed by atoms with van der Waals surface area (Å²) in [5.41, 5.74) is 9.02. The Morgan fingerprint density at radius 2 is 1.80 bits per heavy atom. The van der Waals surface area contributed by atoms with Gasteiger partial charge in [-0.2, -0.15) is 0 Å². The van der Waals surface area contributed by atoms with Crippen molar-refractivity contribution >= 4 is 17.3 Å². The molecule has 2 rings (SSSR count). The van der Waals surface area contributed by atoms with Gasteiger partial charge in [-0.05, 0) is 13.0 Å². The van der Waals surface area contributed by atoms with Crippen LogP contribution in [-0.4, -0.2) is 10.2 Å². The minimum atomic E-state index is 0.242. The molecule has 0 spiro atoms. The maximum absolute atomic E-state index is 5.69. The standard InChI is InChI=1S/C11H10ClN3/c1-7-2-4-8(5-3-7)10-6-9(13)11(12)15-14-10/h2-6H,1H3,(H2,13,14). The van der Waals surface area contributed by atoms with E-state index in [0.717, 1.165) is 11.3 Å². The molecule has 0 bridgehead atoms. The van der Waals surface area contributed by atoms with Gasteiger partial charge in [0.2, 0.25) is 0 Å². The largest absolute Gasteiger partial charge is 0.396 e. The highest BCUT2D eigenvalue weighted by molar-refractivity contribution is 6.31. The lowest BCUT2D eigenvalue weighted by molar-refractivity contribution is 1.04. The fourth-order valence-corrected chi connectivity index (χ4v) is 1.35. The van der Waals surface area contributed by atoms with E-state index in [9.17, 15) is 0 Å². The highest BCUT2D eigenvalue weighted by Crippen LogP contribution is 2.22. The summed E-state index contributed by atoms with van der Waals surface area (Å²) in [7, 11) is 0. The van der Waals surface area contributed by atoms with Gasteiger partial charge < -0.3 is 5.73 Å². The normalized spacial score (nSPS) is 10.3. The molecule has 4 heteroatoms. The first-order valence-corrected chi connectivity index (χ1v) is 4.90. The summed E-state index contributed by atoms with van der Waals surface area (Å²) in [6.07, 6.45) is 0. The molecule has 2 N–H and O–H groups in total. The van der Waals surface area contributed by atoms with Gasteiger partial charge in [-0.15, -0.1) is 10.2 Å². The first-order chi connectivity index (χ1) is 7.16. The zero-order valence-corrected chi connectivity index (χ0v) is 8.99. The maximum Gasteiger partial charge on any atom is 0.174 e. The van der Waals surface area contributed by atoms with E-state index in [0.29, 0.717) is 5.69 Å². The Labute approximate surface area is 92.9 Å². The van der Waals surface area contributed by atoms with Crippen LogP contribution in [0, 0.1) is 6.92 Å². The summed E-state index contributed by atoms with van der Waals surface area (Å²) in [4.78, 5) is 0. The zero-order valence-electron chi connectivity index (χ0n) is 8.24. The zero-order chi connectivity index (χ0) is 10.8. The smallest absolute Gasteiger partial charge is 0.174 e. The van der Waals surface area contributed by atoms with Crippen molar-refractivity contribution < 1.29 is 0 Å². The number of nitrogens with two attached hydrogens (primary N) is 1. The minimum Gasteiger partial charge on any atom is -0.396 e. The van der Waals surface area contributed by atoms with Crippen LogP contribution in [0.3, 0.4) is 0 Å². The van der Waals surface area contributed by atoms with Crippen LogP contribution in [0.15, 0.2) is 30.3 Å². The molecule has 2 aromatic rings. The molecule has 1 heterocycles. The Kier molecular flexibility index (Phi) is 2.56. The lowest BCUT2D eigenvalue weighted by Crippen LogP contribution is -1.94. The Morgan fingerprint density at radius 1 is 1.13 bits per heavy atom. The molecule has 0 saturated heterocycles. The van der Waals surface area contributed by atoms with Crippen molar-refractivity contribution in [1.29, 1.82) is 0 Å². The number of hydrogen-bond acceptors (Lipinski definition) is 3. The second-order valence-electron chi connectivity index (χ2n) is 3.34. The van der Waals surface area contributed by atoms with Crippen LogP contribution in [-0.2, 0) is 0 Å². The van der Waals surface area contributed by atoms with Gasteiger partial charge in [0.25, 0.3) is 0 Å². The Bertz CT molecular complexity index is 480. The molecule has 15 heavy (non-hydrogen) atoms. The summed E-state index contributed by atoms with van der Waals surface area (Å²) < 4.78 is 0. The van der Waals surface area contributed by atoms with E-state index in [-0.39, 0.29) is 5.15 Å². The van der Waals surface area contributed by atoms with E-state index < -0.39 is 0 Å². The Morgan fingerprint density at radius 3 is 2.40 bits per heavy atom. The number of aromatic nitrogens is 2. The highest BCUT2D eigenvalue weighted by atomic mass is 35.5. The second kappa shape index (κ2) is 3.87. The second-order valence-corrected chi connectivity index (χ2v) is 3.70. The van der Waals surface area contributed by atoms with Crippen molar-refractivity contribution in [3.05, 3.63) is 41.0 Å². The Hall–Kier alpha value is -1.61. The number of nitrogens with zero attached hydrogens (tertiary/aromatic N) is 2. The van der Waals surface area contributed by atoms with Crippen LogP contribution in [0.4, 0.5) is 5.69 Å². The number of anilines is 1. The molecule has 0 amide bonds. The van der Waals surface area contributed by atoms with Crippen molar-refractivity contribution in [3.63, 3.8) is 0 Å². The quantitative estimate of drug-likeness (QED) is 0.802. The molecule has 3 nitrogen and oxygen atoms in total. The SMILES string of the molecule is Cc1ccc(-c2cc(N)c(Cl)nn2)cc1. The third-order valence-electron chi connectivity index (χ3n) is 2.12. The molecule has 0 aliphatic heterocycles. The number of benzene rings is 1. The van der Waals surface area contributed by atoms with Gasteiger partial charge in [0.1, 0.15) is 0 Å². The molecule has 1 aromatic carbocycles. The molecule has 1 aromatic heterocycles. The molecule has 0 aliphatic rings. The summed E-state index contributed by atoms with van der Waals surface area (Å²) >= 11 is 5.69. The number of hydrogen-bond donors (Lipinski definition) is 1. The number of aryl methyl sites for hydroxylation is 1. The molecule has 0 atom stereocenters. The van der Waals surface area contributed by atoms with E-state index in [1.807, 2.05) is 31.2 Å². The first kappa shape index (κ1) is 9.93. The molecule has 0 aliphatic carbocycles. The van der Waals surface area contributed by atoms with Gasteiger partial charge >= 0.3 is 0 Å². The van der Waals surface area contributed by atoms with Gasteiger partial charge in [-0.3, -0.25) is 0 Å². The monoisotopic (exact) mass is 219 g/mol. The van der Waals surface area contributed by atoms with E-state index in [1.54, 1.807) is 6.07 Å². The Balaban J connectivity index is 2.45. The van der Waals surface area contributed by atoms with Crippen molar-refractivity contribution in [1.82, 2.24) is 10.2 Å².